The summed E-state index contributed by atoms with van der Waals surface area (Å²) in [6, 6.07) is 12.2. The number of benzene rings is 2. The van der Waals surface area contributed by atoms with Crippen LogP contribution in [-0.2, 0) is 16.1 Å². The smallest absolute Gasteiger partial charge is 0.329 e. The molecule has 2 N–H and O–H groups in total. The lowest BCUT2D eigenvalue weighted by atomic mass is 10.2. The fourth-order valence-electron chi connectivity index (χ4n) is 2.05. The summed E-state index contributed by atoms with van der Waals surface area (Å²) in [4.78, 5) is 23.6. The van der Waals surface area contributed by atoms with Crippen molar-refractivity contribution < 1.29 is 19.1 Å². The SMILES string of the molecule is COc1ccc(OC)c(/C=N/NC(=O)C(=O)NCc2ccccc2Cl)c1. The molecule has 0 aliphatic rings. The first-order valence-electron chi connectivity index (χ1n) is 7.61. The molecule has 8 heteroatoms. The highest BCUT2D eigenvalue weighted by Crippen LogP contribution is 2.22. The topological polar surface area (TPSA) is 89.0 Å². The van der Waals surface area contributed by atoms with Gasteiger partial charge in [0.2, 0.25) is 0 Å². The van der Waals surface area contributed by atoms with E-state index in [1.165, 1.54) is 20.4 Å². The monoisotopic (exact) mass is 375 g/mol. The van der Waals surface area contributed by atoms with E-state index in [1.807, 2.05) is 0 Å². The molecule has 26 heavy (non-hydrogen) atoms. The summed E-state index contributed by atoms with van der Waals surface area (Å²) in [5.41, 5.74) is 3.45. The van der Waals surface area contributed by atoms with Gasteiger partial charge < -0.3 is 14.8 Å². The minimum absolute atomic E-state index is 0.138. The Balaban J connectivity index is 1.92. The molecule has 0 unspecified atom stereocenters. The number of methoxy groups -OCH3 is 2. The molecule has 0 saturated carbocycles. The summed E-state index contributed by atoms with van der Waals surface area (Å²) in [6.45, 7) is 0.138. The van der Waals surface area contributed by atoms with Gasteiger partial charge in [-0.15, -0.1) is 0 Å². The van der Waals surface area contributed by atoms with Gasteiger partial charge in [-0.05, 0) is 29.8 Å². The highest BCUT2D eigenvalue weighted by Gasteiger charge is 2.13. The summed E-state index contributed by atoms with van der Waals surface area (Å²) in [6.07, 6.45) is 1.36. The molecule has 0 saturated heterocycles. The predicted molar refractivity (Wildman–Crippen MR) is 98.6 cm³/mol. The molecule has 2 aromatic carbocycles. The Labute approximate surface area is 155 Å². The Morgan fingerprint density at radius 2 is 1.88 bits per heavy atom. The van der Waals surface area contributed by atoms with Crippen molar-refractivity contribution in [3.05, 3.63) is 58.6 Å². The molecule has 0 bridgehead atoms. The van der Waals surface area contributed by atoms with E-state index >= 15 is 0 Å². The Morgan fingerprint density at radius 3 is 2.58 bits per heavy atom. The minimum Gasteiger partial charge on any atom is -0.497 e. The van der Waals surface area contributed by atoms with Crippen LogP contribution in [-0.4, -0.2) is 32.2 Å². The molecule has 0 heterocycles. The molecular formula is C18H18ClN3O4. The van der Waals surface area contributed by atoms with Gasteiger partial charge in [0.05, 0.1) is 20.4 Å². The zero-order valence-corrected chi connectivity index (χ0v) is 15.0. The molecule has 2 rings (SSSR count). The normalized spacial score (nSPS) is 10.4. The zero-order chi connectivity index (χ0) is 18.9. The van der Waals surface area contributed by atoms with Crippen molar-refractivity contribution in [2.75, 3.05) is 14.2 Å². The first-order valence-corrected chi connectivity index (χ1v) is 7.99. The summed E-state index contributed by atoms with van der Waals surface area (Å²) >= 11 is 5.99. The molecule has 0 atom stereocenters. The summed E-state index contributed by atoms with van der Waals surface area (Å²) in [5, 5.41) is 6.76. The second-order valence-electron chi connectivity index (χ2n) is 5.08. The molecule has 2 amide bonds. The number of hydrazone groups is 1. The van der Waals surface area contributed by atoms with Gasteiger partial charge in [-0.1, -0.05) is 29.8 Å². The standard InChI is InChI=1S/C18H18ClN3O4/c1-25-14-7-8-16(26-2)13(9-14)11-21-22-18(24)17(23)20-10-12-5-3-4-6-15(12)19/h3-9,11H,10H2,1-2H3,(H,20,23)(H,22,24)/b21-11+. The maximum atomic E-state index is 11.8. The van der Waals surface area contributed by atoms with Crippen LogP contribution in [0.25, 0.3) is 0 Å². The molecule has 0 spiro atoms. The number of nitrogens with one attached hydrogen (secondary N) is 2. The van der Waals surface area contributed by atoms with Gasteiger partial charge >= 0.3 is 11.8 Å². The van der Waals surface area contributed by atoms with Crippen LogP contribution in [0.5, 0.6) is 11.5 Å². The van der Waals surface area contributed by atoms with Crippen molar-refractivity contribution in [1.29, 1.82) is 0 Å². The molecule has 7 nitrogen and oxygen atoms in total. The van der Waals surface area contributed by atoms with E-state index in [9.17, 15) is 9.59 Å². The largest absolute Gasteiger partial charge is 0.497 e. The van der Waals surface area contributed by atoms with Crippen molar-refractivity contribution in [1.82, 2.24) is 10.7 Å². The van der Waals surface area contributed by atoms with E-state index in [-0.39, 0.29) is 6.54 Å². The second kappa shape index (κ2) is 9.43. The third kappa shape index (κ3) is 5.22. The van der Waals surface area contributed by atoms with E-state index in [0.717, 1.165) is 0 Å². The van der Waals surface area contributed by atoms with E-state index < -0.39 is 11.8 Å². The van der Waals surface area contributed by atoms with Crippen LogP contribution in [0.15, 0.2) is 47.6 Å². The molecule has 136 valence electrons. The highest BCUT2D eigenvalue weighted by atomic mass is 35.5. The van der Waals surface area contributed by atoms with Crippen LogP contribution in [0.3, 0.4) is 0 Å². The Kier molecular flexibility index (Phi) is 6.99. The van der Waals surface area contributed by atoms with Crippen LogP contribution >= 0.6 is 11.6 Å². The fourth-order valence-corrected chi connectivity index (χ4v) is 2.25. The van der Waals surface area contributed by atoms with Crippen LogP contribution in [0.2, 0.25) is 5.02 Å². The van der Waals surface area contributed by atoms with Gasteiger partial charge in [-0.3, -0.25) is 9.59 Å². The van der Waals surface area contributed by atoms with Crippen molar-refractivity contribution in [3.8, 4) is 11.5 Å². The number of halogens is 1. The minimum atomic E-state index is -0.893. The summed E-state index contributed by atoms with van der Waals surface area (Å²) in [7, 11) is 3.05. The van der Waals surface area contributed by atoms with Crippen molar-refractivity contribution in [2.45, 2.75) is 6.54 Å². The van der Waals surface area contributed by atoms with E-state index in [0.29, 0.717) is 27.6 Å². The highest BCUT2D eigenvalue weighted by molar-refractivity contribution is 6.35. The van der Waals surface area contributed by atoms with E-state index in [2.05, 4.69) is 15.8 Å². The maximum absolute atomic E-state index is 11.8. The van der Waals surface area contributed by atoms with Gasteiger partial charge in [-0.25, -0.2) is 5.43 Å². The van der Waals surface area contributed by atoms with E-state index in [4.69, 9.17) is 21.1 Å². The lowest BCUT2D eigenvalue weighted by molar-refractivity contribution is -0.139. The van der Waals surface area contributed by atoms with Crippen molar-refractivity contribution in [3.63, 3.8) is 0 Å². The number of nitrogens with zero attached hydrogens (tertiary/aromatic N) is 1. The second-order valence-corrected chi connectivity index (χ2v) is 5.49. The van der Waals surface area contributed by atoms with Crippen LogP contribution in [0.1, 0.15) is 11.1 Å². The average Bonchev–Trinajstić information content (AvgIpc) is 2.66. The van der Waals surface area contributed by atoms with Crippen molar-refractivity contribution in [2.24, 2.45) is 5.10 Å². The number of carbonyl (C=O) groups is 2. The third-order valence-corrected chi connectivity index (χ3v) is 3.78. The summed E-state index contributed by atoms with van der Waals surface area (Å²) < 4.78 is 10.3. The van der Waals surface area contributed by atoms with Gasteiger partial charge in [0, 0.05) is 17.1 Å². The number of carbonyl (C=O) groups excluding carboxylic acids is 2. The molecule has 0 aliphatic carbocycles. The molecule has 2 aromatic rings. The van der Waals surface area contributed by atoms with Gasteiger partial charge in [0.1, 0.15) is 11.5 Å². The Hall–Kier alpha value is -3.06. The van der Waals surface area contributed by atoms with Crippen molar-refractivity contribution >= 4 is 29.6 Å². The fraction of sp³-hybridized carbons (Fsp3) is 0.167. The number of rotatable bonds is 6. The Morgan fingerprint density at radius 1 is 1.12 bits per heavy atom. The third-order valence-electron chi connectivity index (χ3n) is 3.41. The summed E-state index contributed by atoms with van der Waals surface area (Å²) in [5.74, 6) is -0.558. The number of ether oxygens (including phenoxy) is 2. The number of hydrogen-bond acceptors (Lipinski definition) is 5. The predicted octanol–water partition coefficient (Wildman–Crippen LogP) is 2.12. The van der Waals surface area contributed by atoms with E-state index in [1.54, 1.807) is 42.5 Å². The molecular weight excluding hydrogens is 358 g/mol. The van der Waals surface area contributed by atoms with Crippen LogP contribution in [0.4, 0.5) is 0 Å². The maximum Gasteiger partial charge on any atom is 0.329 e. The molecule has 0 radical (unpaired) electrons. The zero-order valence-electron chi connectivity index (χ0n) is 14.3. The lowest BCUT2D eigenvalue weighted by Gasteiger charge is -2.07. The van der Waals surface area contributed by atoms with Gasteiger partial charge in [-0.2, -0.15) is 5.10 Å². The first kappa shape index (κ1) is 19.3. The molecule has 0 aliphatic heterocycles. The Bertz CT molecular complexity index is 824. The van der Waals surface area contributed by atoms with Gasteiger partial charge in [0.25, 0.3) is 0 Å². The first-order chi connectivity index (χ1) is 12.5. The number of hydrogen-bond donors (Lipinski definition) is 2. The average molecular weight is 376 g/mol. The molecule has 0 aromatic heterocycles. The number of amides is 2. The van der Waals surface area contributed by atoms with Crippen LogP contribution in [0, 0.1) is 0 Å². The lowest BCUT2D eigenvalue weighted by Crippen LogP contribution is -2.37. The molecule has 0 fully saturated rings. The quantitative estimate of drug-likeness (QED) is 0.460. The van der Waals surface area contributed by atoms with Crippen LogP contribution < -0.4 is 20.2 Å². The van der Waals surface area contributed by atoms with Gasteiger partial charge in [0.15, 0.2) is 0 Å².